The van der Waals surface area contributed by atoms with Crippen LogP contribution in [0.4, 0.5) is 0 Å². The Balaban J connectivity index is 1.73. The standard InChI is InChI=1S/C22H23N2O7/c1-13-10-15(11-14-6-4-3-5-7-14)21(27)30-12-16(22(28)31-13)24-20(26)18-19(25)17(29-2)8-9-23-18/h3-10,13,15-16,25H,11-12H2,1-2H3,(H,24,26)/t13-,15-,16?/m0/s1. The maximum atomic E-state index is 12.6. The van der Waals surface area contributed by atoms with E-state index in [2.05, 4.69) is 10.3 Å². The largest absolute Gasteiger partial charge is 0.503 e. The summed E-state index contributed by atoms with van der Waals surface area (Å²) in [6, 6.07) is 9.51. The summed E-state index contributed by atoms with van der Waals surface area (Å²) in [6.45, 7) is 1.21. The molecule has 9 nitrogen and oxygen atoms in total. The van der Waals surface area contributed by atoms with Crippen LogP contribution in [0.5, 0.6) is 11.5 Å². The first-order valence-electron chi connectivity index (χ1n) is 9.68. The maximum absolute atomic E-state index is 12.6. The minimum absolute atomic E-state index is 0.0515. The van der Waals surface area contributed by atoms with Gasteiger partial charge in [-0.25, -0.2) is 9.78 Å². The number of esters is 2. The van der Waals surface area contributed by atoms with Gasteiger partial charge in [0.15, 0.2) is 23.2 Å². The van der Waals surface area contributed by atoms with Gasteiger partial charge < -0.3 is 24.6 Å². The number of ether oxygens (including phenoxy) is 3. The van der Waals surface area contributed by atoms with E-state index in [0.29, 0.717) is 6.42 Å². The molecular weight excluding hydrogens is 404 g/mol. The number of carbonyl (C=O) groups is 3. The number of rotatable bonds is 5. The third-order valence-electron chi connectivity index (χ3n) is 4.71. The molecule has 2 N–H and O–H groups in total. The van der Waals surface area contributed by atoms with E-state index >= 15 is 0 Å². The predicted octanol–water partition coefficient (Wildman–Crippen LogP) is 1.45. The minimum atomic E-state index is -1.27. The van der Waals surface area contributed by atoms with Crippen LogP contribution >= 0.6 is 0 Å². The number of pyridine rings is 1. The number of nitrogens with zero attached hydrogens (tertiary/aromatic N) is 1. The fraction of sp³-hybridized carbons (Fsp3) is 0.318. The molecule has 0 spiro atoms. The summed E-state index contributed by atoms with van der Waals surface area (Å²) in [7, 11) is 1.33. The SMILES string of the molecule is COc1ccnc(C(=O)NC2COC(=O)[C@H](Cc3ccccc3)[CH][C@H](C)OC2=O)c1O. The van der Waals surface area contributed by atoms with Crippen LogP contribution in [0.1, 0.15) is 23.0 Å². The highest BCUT2D eigenvalue weighted by Crippen LogP contribution is 2.27. The number of hydrogen-bond donors (Lipinski definition) is 2. The van der Waals surface area contributed by atoms with Crippen molar-refractivity contribution in [3.63, 3.8) is 0 Å². The van der Waals surface area contributed by atoms with Crippen LogP contribution in [0.25, 0.3) is 0 Å². The lowest BCUT2D eigenvalue weighted by atomic mass is 9.94. The highest BCUT2D eigenvalue weighted by atomic mass is 16.6. The topological polar surface area (TPSA) is 124 Å². The van der Waals surface area contributed by atoms with Crippen LogP contribution < -0.4 is 10.1 Å². The number of benzene rings is 1. The zero-order chi connectivity index (χ0) is 22.4. The molecule has 3 atom stereocenters. The Kier molecular flexibility index (Phi) is 7.07. The van der Waals surface area contributed by atoms with Crippen molar-refractivity contribution < 1.29 is 33.7 Å². The number of nitrogens with one attached hydrogen (secondary N) is 1. The predicted molar refractivity (Wildman–Crippen MR) is 108 cm³/mol. The molecule has 2 heterocycles. The van der Waals surface area contributed by atoms with Gasteiger partial charge in [0, 0.05) is 18.7 Å². The third kappa shape index (κ3) is 5.50. The lowest BCUT2D eigenvalue weighted by molar-refractivity contribution is -0.152. The van der Waals surface area contributed by atoms with Gasteiger partial charge in [-0.05, 0) is 18.9 Å². The highest BCUT2D eigenvalue weighted by Gasteiger charge is 2.33. The van der Waals surface area contributed by atoms with E-state index in [1.165, 1.54) is 19.4 Å². The van der Waals surface area contributed by atoms with Crippen molar-refractivity contribution in [3.8, 4) is 11.5 Å². The van der Waals surface area contributed by atoms with Crippen molar-refractivity contribution in [2.45, 2.75) is 25.5 Å². The van der Waals surface area contributed by atoms with Gasteiger partial charge in [-0.15, -0.1) is 0 Å². The second-order valence-corrected chi connectivity index (χ2v) is 7.00. The summed E-state index contributed by atoms with van der Waals surface area (Å²) < 4.78 is 15.6. The summed E-state index contributed by atoms with van der Waals surface area (Å²) in [5, 5.41) is 12.5. The molecule has 1 aromatic heterocycles. The molecular formula is C22H23N2O7. The number of amides is 1. The number of aromatic hydroxyl groups is 1. The van der Waals surface area contributed by atoms with Crippen molar-refractivity contribution >= 4 is 17.8 Å². The Morgan fingerprint density at radius 3 is 2.68 bits per heavy atom. The summed E-state index contributed by atoms with van der Waals surface area (Å²) in [4.78, 5) is 41.5. The maximum Gasteiger partial charge on any atom is 0.332 e. The van der Waals surface area contributed by atoms with Crippen LogP contribution in [0.3, 0.4) is 0 Å². The van der Waals surface area contributed by atoms with Gasteiger partial charge in [-0.3, -0.25) is 9.59 Å². The van der Waals surface area contributed by atoms with E-state index in [0.717, 1.165) is 5.56 Å². The molecule has 1 unspecified atom stereocenters. The summed E-state index contributed by atoms with van der Waals surface area (Å²) in [6.07, 6.45) is 2.59. The van der Waals surface area contributed by atoms with Crippen LogP contribution in [0, 0.1) is 12.3 Å². The molecule has 1 aliphatic heterocycles. The molecule has 0 saturated carbocycles. The number of hydrogen-bond acceptors (Lipinski definition) is 8. The van der Waals surface area contributed by atoms with Gasteiger partial charge in [0.1, 0.15) is 12.7 Å². The van der Waals surface area contributed by atoms with Crippen LogP contribution in [-0.4, -0.2) is 53.8 Å². The van der Waals surface area contributed by atoms with Crippen molar-refractivity contribution in [2.24, 2.45) is 5.92 Å². The second-order valence-electron chi connectivity index (χ2n) is 7.00. The van der Waals surface area contributed by atoms with E-state index in [1.807, 2.05) is 30.3 Å². The molecule has 1 amide bonds. The molecule has 1 aliphatic rings. The number of methoxy groups -OCH3 is 1. The molecule has 1 radical (unpaired) electrons. The average molecular weight is 427 g/mol. The van der Waals surface area contributed by atoms with E-state index in [-0.39, 0.29) is 11.4 Å². The molecule has 0 aliphatic carbocycles. The van der Waals surface area contributed by atoms with Gasteiger partial charge in [0.25, 0.3) is 5.91 Å². The molecule has 9 heteroatoms. The Morgan fingerprint density at radius 2 is 1.97 bits per heavy atom. The molecule has 31 heavy (non-hydrogen) atoms. The molecule has 2 aromatic rings. The number of carbonyl (C=O) groups excluding carboxylic acids is 3. The van der Waals surface area contributed by atoms with E-state index in [4.69, 9.17) is 14.2 Å². The molecule has 163 valence electrons. The first kappa shape index (κ1) is 22.1. The average Bonchev–Trinajstić information content (AvgIpc) is 2.80. The van der Waals surface area contributed by atoms with Gasteiger partial charge in [-0.2, -0.15) is 0 Å². The van der Waals surface area contributed by atoms with Gasteiger partial charge in [-0.1, -0.05) is 30.3 Å². The summed E-state index contributed by atoms with van der Waals surface area (Å²) in [5.74, 6) is -3.19. The molecule has 1 aromatic carbocycles. The smallest absolute Gasteiger partial charge is 0.332 e. The number of aromatic nitrogens is 1. The fourth-order valence-electron chi connectivity index (χ4n) is 3.16. The lowest BCUT2D eigenvalue weighted by Crippen LogP contribution is -2.46. The third-order valence-corrected chi connectivity index (χ3v) is 4.71. The summed E-state index contributed by atoms with van der Waals surface area (Å²) >= 11 is 0. The molecule has 1 saturated heterocycles. The first-order chi connectivity index (χ1) is 14.9. The van der Waals surface area contributed by atoms with E-state index in [9.17, 15) is 19.5 Å². The minimum Gasteiger partial charge on any atom is -0.503 e. The van der Waals surface area contributed by atoms with Crippen molar-refractivity contribution in [3.05, 3.63) is 60.3 Å². The molecule has 0 bridgehead atoms. The quantitative estimate of drug-likeness (QED) is 0.687. The van der Waals surface area contributed by atoms with Crippen molar-refractivity contribution in [2.75, 3.05) is 13.7 Å². The van der Waals surface area contributed by atoms with Gasteiger partial charge >= 0.3 is 11.9 Å². The normalized spacial score (nSPS) is 21.7. The monoisotopic (exact) mass is 427 g/mol. The second kappa shape index (κ2) is 9.92. The molecule has 1 fully saturated rings. The Hall–Kier alpha value is -3.62. The van der Waals surface area contributed by atoms with Crippen molar-refractivity contribution in [1.82, 2.24) is 10.3 Å². The van der Waals surface area contributed by atoms with Crippen LogP contribution in [0.2, 0.25) is 0 Å². The van der Waals surface area contributed by atoms with Gasteiger partial charge in [0.2, 0.25) is 0 Å². The Labute approximate surface area is 179 Å². The van der Waals surface area contributed by atoms with E-state index < -0.39 is 48.3 Å². The highest BCUT2D eigenvalue weighted by molar-refractivity contribution is 5.98. The van der Waals surface area contributed by atoms with E-state index in [1.54, 1.807) is 13.3 Å². The zero-order valence-electron chi connectivity index (χ0n) is 17.1. The fourth-order valence-corrected chi connectivity index (χ4v) is 3.16. The summed E-state index contributed by atoms with van der Waals surface area (Å²) in [5.41, 5.74) is 0.600. The molecule has 3 rings (SSSR count). The lowest BCUT2D eigenvalue weighted by Gasteiger charge is -2.18. The Bertz CT molecular complexity index is 948. The van der Waals surface area contributed by atoms with Crippen LogP contribution in [-0.2, 0) is 25.5 Å². The van der Waals surface area contributed by atoms with Gasteiger partial charge in [0.05, 0.1) is 13.0 Å². The Morgan fingerprint density at radius 1 is 1.23 bits per heavy atom. The first-order valence-corrected chi connectivity index (χ1v) is 9.68. The van der Waals surface area contributed by atoms with Crippen molar-refractivity contribution in [1.29, 1.82) is 0 Å². The van der Waals surface area contributed by atoms with Crippen LogP contribution in [0.15, 0.2) is 42.6 Å². The number of cyclic esters (lactones) is 2. The zero-order valence-corrected chi connectivity index (χ0v) is 17.1.